The van der Waals surface area contributed by atoms with Gasteiger partial charge >= 0.3 is 0 Å². The van der Waals surface area contributed by atoms with Gasteiger partial charge in [0.05, 0.1) is 18.6 Å². The minimum atomic E-state index is -0.688. The van der Waals surface area contributed by atoms with E-state index in [9.17, 15) is 19.7 Å². The van der Waals surface area contributed by atoms with E-state index in [1.807, 2.05) is 6.92 Å². The molecular formula is C20H24N4O6. The van der Waals surface area contributed by atoms with Crippen LogP contribution in [0, 0.1) is 10.1 Å². The quantitative estimate of drug-likeness (QED) is 0.501. The van der Waals surface area contributed by atoms with E-state index in [1.165, 1.54) is 31.4 Å². The number of carbonyl (C=O) groups excluding carboxylic acids is 2. The lowest BCUT2D eigenvalue weighted by atomic mass is 10.1. The van der Waals surface area contributed by atoms with E-state index in [2.05, 4.69) is 10.9 Å². The van der Waals surface area contributed by atoms with Crippen molar-refractivity contribution >= 4 is 23.2 Å². The standard InChI is InChI=1S/C20H24N4O6/c1-5-10-30-17-9-7-14(12-18(17)29-4)20(26)22-21-19(25)13-6-8-15(23(2)3)16(11-13)24(27)28/h6-9,11-12H,5,10H2,1-4H3,(H,21,25)(H,22,26). The number of carbonyl (C=O) groups is 2. The SMILES string of the molecule is CCCOc1ccc(C(=O)NNC(=O)c2ccc(N(C)C)c([N+](=O)[O-])c2)cc1OC. The Kier molecular flexibility index (Phi) is 7.56. The second-order valence-electron chi connectivity index (χ2n) is 6.48. The summed E-state index contributed by atoms with van der Waals surface area (Å²) in [6.07, 6.45) is 0.825. The fourth-order valence-corrected chi connectivity index (χ4v) is 2.59. The van der Waals surface area contributed by atoms with Gasteiger partial charge in [-0.3, -0.25) is 30.6 Å². The summed E-state index contributed by atoms with van der Waals surface area (Å²) in [5.41, 5.74) is 4.95. The van der Waals surface area contributed by atoms with Crippen LogP contribution >= 0.6 is 0 Å². The molecule has 10 nitrogen and oxygen atoms in total. The predicted octanol–water partition coefficient (Wildman–Crippen LogP) is 2.53. The lowest BCUT2D eigenvalue weighted by Crippen LogP contribution is -2.41. The van der Waals surface area contributed by atoms with Crippen molar-refractivity contribution in [2.45, 2.75) is 13.3 Å². The topological polar surface area (TPSA) is 123 Å². The van der Waals surface area contributed by atoms with Gasteiger partial charge < -0.3 is 14.4 Å². The Morgan fingerprint density at radius 2 is 1.63 bits per heavy atom. The molecule has 0 saturated carbocycles. The molecule has 0 heterocycles. The lowest BCUT2D eigenvalue weighted by Gasteiger charge is -2.14. The molecule has 2 aromatic rings. The molecule has 0 saturated heterocycles. The maximum absolute atomic E-state index is 12.4. The first-order valence-corrected chi connectivity index (χ1v) is 9.15. The van der Waals surface area contributed by atoms with E-state index >= 15 is 0 Å². The number of hydrazine groups is 1. The second kappa shape index (κ2) is 10.1. The summed E-state index contributed by atoms with van der Waals surface area (Å²) in [6.45, 7) is 2.48. The van der Waals surface area contributed by atoms with Crippen molar-refractivity contribution in [3.05, 3.63) is 57.6 Å². The van der Waals surface area contributed by atoms with Gasteiger partial charge in [-0.05, 0) is 36.8 Å². The molecule has 0 aliphatic rings. The molecule has 0 radical (unpaired) electrons. The Labute approximate surface area is 173 Å². The van der Waals surface area contributed by atoms with Crippen LogP contribution in [0.4, 0.5) is 11.4 Å². The number of hydrogen-bond donors (Lipinski definition) is 2. The van der Waals surface area contributed by atoms with Crippen LogP contribution in [0.25, 0.3) is 0 Å². The zero-order valence-electron chi connectivity index (χ0n) is 17.2. The lowest BCUT2D eigenvalue weighted by molar-refractivity contribution is -0.384. The summed E-state index contributed by atoms with van der Waals surface area (Å²) < 4.78 is 10.8. The van der Waals surface area contributed by atoms with Gasteiger partial charge in [0.2, 0.25) is 0 Å². The van der Waals surface area contributed by atoms with Crippen LogP contribution in [0.5, 0.6) is 11.5 Å². The fraction of sp³-hybridized carbons (Fsp3) is 0.300. The second-order valence-corrected chi connectivity index (χ2v) is 6.48. The van der Waals surface area contributed by atoms with Gasteiger partial charge in [0.25, 0.3) is 17.5 Å². The van der Waals surface area contributed by atoms with Crippen molar-refractivity contribution < 1.29 is 24.0 Å². The maximum atomic E-state index is 12.4. The highest BCUT2D eigenvalue weighted by Gasteiger charge is 2.19. The summed E-state index contributed by atoms with van der Waals surface area (Å²) in [5.74, 6) is -0.375. The minimum Gasteiger partial charge on any atom is -0.493 e. The Morgan fingerprint density at radius 1 is 1.03 bits per heavy atom. The maximum Gasteiger partial charge on any atom is 0.293 e. The van der Waals surface area contributed by atoms with Crippen molar-refractivity contribution in [3.63, 3.8) is 0 Å². The summed E-state index contributed by atoms with van der Waals surface area (Å²) in [4.78, 5) is 36.9. The average molecular weight is 416 g/mol. The molecule has 2 rings (SSSR count). The number of benzene rings is 2. The number of nitro benzene ring substituents is 1. The molecule has 0 aliphatic carbocycles. The number of nitrogens with one attached hydrogen (secondary N) is 2. The van der Waals surface area contributed by atoms with Crippen LogP contribution in [0.3, 0.4) is 0 Å². The monoisotopic (exact) mass is 416 g/mol. The van der Waals surface area contributed by atoms with Gasteiger partial charge in [-0.1, -0.05) is 6.92 Å². The number of ether oxygens (including phenoxy) is 2. The highest BCUT2D eigenvalue weighted by molar-refractivity contribution is 6.00. The number of methoxy groups -OCH3 is 1. The molecule has 2 N–H and O–H groups in total. The van der Waals surface area contributed by atoms with Gasteiger partial charge in [-0.25, -0.2) is 0 Å². The van der Waals surface area contributed by atoms with E-state index in [-0.39, 0.29) is 16.8 Å². The molecule has 0 fully saturated rings. The van der Waals surface area contributed by atoms with Gasteiger partial charge in [-0.15, -0.1) is 0 Å². The van der Waals surface area contributed by atoms with E-state index in [1.54, 1.807) is 25.1 Å². The van der Waals surface area contributed by atoms with Crippen LogP contribution in [-0.4, -0.2) is 44.5 Å². The van der Waals surface area contributed by atoms with Crippen molar-refractivity contribution in [1.82, 2.24) is 10.9 Å². The Morgan fingerprint density at radius 3 is 2.17 bits per heavy atom. The van der Waals surface area contributed by atoms with Gasteiger partial charge in [0.15, 0.2) is 11.5 Å². The van der Waals surface area contributed by atoms with Crippen LogP contribution in [0.1, 0.15) is 34.1 Å². The van der Waals surface area contributed by atoms with Gasteiger partial charge in [0.1, 0.15) is 5.69 Å². The molecular weight excluding hydrogens is 392 g/mol. The molecule has 0 unspecified atom stereocenters. The van der Waals surface area contributed by atoms with Crippen molar-refractivity contribution in [1.29, 1.82) is 0 Å². The van der Waals surface area contributed by atoms with Crippen molar-refractivity contribution in [2.75, 3.05) is 32.7 Å². The molecule has 0 atom stereocenters. The van der Waals surface area contributed by atoms with Crippen LogP contribution in [0.2, 0.25) is 0 Å². The third kappa shape index (κ3) is 5.37. The number of anilines is 1. The summed E-state index contributed by atoms with van der Waals surface area (Å²) >= 11 is 0. The van der Waals surface area contributed by atoms with E-state index in [0.29, 0.717) is 23.8 Å². The fourth-order valence-electron chi connectivity index (χ4n) is 2.59. The Hall–Kier alpha value is -3.82. The average Bonchev–Trinajstić information content (AvgIpc) is 2.74. The molecule has 160 valence electrons. The first kappa shape index (κ1) is 22.5. The Balaban J connectivity index is 2.10. The van der Waals surface area contributed by atoms with Crippen LogP contribution in [0.15, 0.2) is 36.4 Å². The first-order valence-electron chi connectivity index (χ1n) is 9.15. The first-order chi connectivity index (χ1) is 14.3. The molecule has 2 amide bonds. The molecule has 0 bridgehead atoms. The number of amides is 2. The molecule has 0 aromatic heterocycles. The minimum absolute atomic E-state index is 0.0356. The Bertz CT molecular complexity index is 945. The largest absolute Gasteiger partial charge is 0.493 e. The third-order valence-corrected chi connectivity index (χ3v) is 4.09. The molecule has 30 heavy (non-hydrogen) atoms. The number of rotatable bonds is 8. The van der Waals surface area contributed by atoms with E-state index in [4.69, 9.17) is 9.47 Å². The molecule has 10 heteroatoms. The van der Waals surface area contributed by atoms with E-state index in [0.717, 1.165) is 12.5 Å². The highest BCUT2D eigenvalue weighted by Crippen LogP contribution is 2.29. The highest BCUT2D eigenvalue weighted by atomic mass is 16.6. The normalized spacial score (nSPS) is 10.1. The van der Waals surface area contributed by atoms with E-state index < -0.39 is 16.7 Å². The van der Waals surface area contributed by atoms with Gasteiger partial charge in [0, 0.05) is 31.3 Å². The summed E-state index contributed by atoms with van der Waals surface area (Å²) in [7, 11) is 4.78. The van der Waals surface area contributed by atoms with Crippen LogP contribution in [-0.2, 0) is 0 Å². The zero-order chi connectivity index (χ0) is 22.3. The number of hydrogen-bond acceptors (Lipinski definition) is 7. The molecule has 0 aliphatic heterocycles. The number of nitro groups is 1. The summed E-state index contributed by atoms with van der Waals surface area (Å²) in [6, 6.07) is 8.69. The molecule has 2 aromatic carbocycles. The van der Waals surface area contributed by atoms with Gasteiger partial charge in [-0.2, -0.15) is 0 Å². The smallest absolute Gasteiger partial charge is 0.293 e. The number of nitrogens with zero attached hydrogens (tertiary/aromatic N) is 2. The molecule has 0 spiro atoms. The summed E-state index contributed by atoms with van der Waals surface area (Å²) in [5, 5.41) is 11.3. The zero-order valence-corrected chi connectivity index (χ0v) is 17.2. The van der Waals surface area contributed by atoms with Crippen LogP contribution < -0.4 is 25.2 Å². The van der Waals surface area contributed by atoms with Crippen molar-refractivity contribution in [2.24, 2.45) is 0 Å². The van der Waals surface area contributed by atoms with Crippen molar-refractivity contribution in [3.8, 4) is 11.5 Å². The predicted molar refractivity (Wildman–Crippen MR) is 111 cm³/mol. The third-order valence-electron chi connectivity index (χ3n) is 4.09.